The summed E-state index contributed by atoms with van der Waals surface area (Å²) in [6.07, 6.45) is 2.17. The molecule has 1 unspecified atom stereocenters. The van der Waals surface area contributed by atoms with Crippen molar-refractivity contribution in [2.75, 3.05) is 19.0 Å². The van der Waals surface area contributed by atoms with Crippen molar-refractivity contribution in [3.63, 3.8) is 0 Å². The van der Waals surface area contributed by atoms with Gasteiger partial charge in [0.15, 0.2) is 0 Å². The van der Waals surface area contributed by atoms with E-state index in [2.05, 4.69) is 13.8 Å². The van der Waals surface area contributed by atoms with Gasteiger partial charge in [0.1, 0.15) is 0 Å². The summed E-state index contributed by atoms with van der Waals surface area (Å²) in [6, 6.07) is 0. The molecule has 0 rings (SSSR count). The van der Waals surface area contributed by atoms with Gasteiger partial charge < -0.3 is 4.74 Å². The second-order valence-electron chi connectivity index (χ2n) is 4.55. The third kappa shape index (κ3) is 11.8. The van der Waals surface area contributed by atoms with Crippen LogP contribution in [-0.4, -0.2) is 27.4 Å². The lowest BCUT2D eigenvalue weighted by molar-refractivity contribution is 0.105. The van der Waals surface area contributed by atoms with Crippen LogP contribution in [0.4, 0.5) is 0 Å². The van der Waals surface area contributed by atoms with E-state index in [0.717, 1.165) is 12.8 Å². The third-order valence-electron chi connectivity index (χ3n) is 1.99. The molecular weight excluding hydrogens is 214 g/mol. The van der Waals surface area contributed by atoms with E-state index < -0.39 is 10.0 Å². The maximum atomic E-state index is 10.7. The molecule has 15 heavy (non-hydrogen) atoms. The molecule has 0 heterocycles. The Morgan fingerprint density at radius 3 is 2.33 bits per heavy atom. The molecule has 4 nitrogen and oxygen atoms in total. The van der Waals surface area contributed by atoms with Crippen molar-refractivity contribution in [3.8, 4) is 0 Å². The van der Waals surface area contributed by atoms with Crippen LogP contribution in [0.2, 0.25) is 0 Å². The second-order valence-corrected chi connectivity index (χ2v) is 6.20. The highest BCUT2D eigenvalue weighted by atomic mass is 32.2. The van der Waals surface area contributed by atoms with Crippen LogP contribution in [0.1, 0.15) is 33.6 Å². The number of sulfonamides is 1. The number of hydrogen-bond donors (Lipinski definition) is 1. The van der Waals surface area contributed by atoms with Crippen LogP contribution in [0.3, 0.4) is 0 Å². The Kier molecular flexibility index (Phi) is 7.13. The Bertz CT molecular complexity index is 249. The first kappa shape index (κ1) is 14.9. The molecule has 0 aliphatic carbocycles. The van der Waals surface area contributed by atoms with Crippen LogP contribution in [0, 0.1) is 11.8 Å². The number of hydrogen-bond acceptors (Lipinski definition) is 3. The van der Waals surface area contributed by atoms with Crippen LogP contribution >= 0.6 is 0 Å². The van der Waals surface area contributed by atoms with Gasteiger partial charge in [0.25, 0.3) is 0 Å². The fourth-order valence-electron chi connectivity index (χ4n) is 1.32. The van der Waals surface area contributed by atoms with Gasteiger partial charge in [-0.25, -0.2) is 13.6 Å². The number of nitrogens with two attached hydrogens (primary N) is 1. The molecule has 0 amide bonds. The summed E-state index contributed by atoms with van der Waals surface area (Å²) in [4.78, 5) is 0. The first-order valence-corrected chi connectivity index (χ1v) is 7.11. The van der Waals surface area contributed by atoms with Crippen LogP contribution < -0.4 is 5.14 Å². The summed E-state index contributed by atoms with van der Waals surface area (Å²) in [5.74, 6) is 0.659. The molecule has 0 aliphatic heterocycles. The average molecular weight is 237 g/mol. The van der Waals surface area contributed by atoms with Crippen molar-refractivity contribution in [2.45, 2.75) is 33.6 Å². The Balaban J connectivity index is 3.44. The molecule has 0 saturated heterocycles. The highest BCUT2D eigenvalue weighted by molar-refractivity contribution is 7.89. The minimum Gasteiger partial charge on any atom is -0.381 e. The monoisotopic (exact) mass is 237 g/mol. The van der Waals surface area contributed by atoms with E-state index in [0.29, 0.717) is 19.1 Å². The summed E-state index contributed by atoms with van der Waals surface area (Å²) < 4.78 is 26.9. The molecule has 0 fully saturated rings. The molecule has 0 aromatic carbocycles. The topological polar surface area (TPSA) is 69.4 Å². The van der Waals surface area contributed by atoms with Gasteiger partial charge in [-0.1, -0.05) is 20.8 Å². The molecule has 0 radical (unpaired) electrons. The molecule has 0 aromatic heterocycles. The van der Waals surface area contributed by atoms with E-state index in [9.17, 15) is 8.42 Å². The minimum atomic E-state index is -3.36. The molecule has 0 saturated carbocycles. The molecule has 0 aromatic rings. The van der Waals surface area contributed by atoms with Gasteiger partial charge in [-0.05, 0) is 24.7 Å². The van der Waals surface area contributed by atoms with Crippen molar-refractivity contribution in [2.24, 2.45) is 17.0 Å². The zero-order valence-electron chi connectivity index (χ0n) is 9.90. The van der Waals surface area contributed by atoms with E-state index in [1.165, 1.54) is 0 Å². The highest BCUT2D eigenvalue weighted by Gasteiger charge is 2.10. The van der Waals surface area contributed by atoms with E-state index in [1.54, 1.807) is 0 Å². The third-order valence-corrected chi connectivity index (χ3v) is 3.02. The highest BCUT2D eigenvalue weighted by Crippen LogP contribution is 2.04. The van der Waals surface area contributed by atoms with Gasteiger partial charge >= 0.3 is 0 Å². The van der Waals surface area contributed by atoms with Crippen LogP contribution in [0.15, 0.2) is 0 Å². The van der Waals surface area contributed by atoms with Crippen molar-refractivity contribution in [1.82, 2.24) is 0 Å². The quantitative estimate of drug-likeness (QED) is 0.648. The molecule has 1 atom stereocenters. The van der Waals surface area contributed by atoms with Gasteiger partial charge in [-0.3, -0.25) is 0 Å². The summed E-state index contributed by atoms with van der Waals surface area (Å²) in [5, 5.41) is 4.92. The van der Waals surface area contributed by atoms with Gasteiger partial charge in [-0.2, -0.15) is 0 Å². The molecule has 92 valence electrons. The molecule has 0 aliphatic rings. The maximum absolute atomic E-state index is 10.7. The van der Waals surface area contributed by atoms with Crippen LogP contribution in [0.5, 0.6) is 0 Å². The maximum Gasteiger partial charge on any atom is 0.209 e. The predicted octanol–water partition coefficient (Wildman–Crippen LogP) is 1.36. The SMILES string of the molecule is CC(C)CCCOCC(C)CS(N)(=O)=O. The Hall–Kier alpha value is -0.130. The Labute approximate surface area is 93.2 Å². The predicted molar refractivity (Wildman–Crippen MR) is 62.0 cm³/mol. The molecule has 0 spiro atoms. The van der Waals surface area contributed by atoms with Gasteiger partial charge in [0, 0.05) is 6.61 Å². The lowest BCUT2D eigenvalue weighted by Crippen LogP contribution is -2.24. The Morgan fingerprint density at radius 2 is 1.87 bits per heavy atom. The molecule has 2 N–H and O–H groups in total. The van der Waals surface area contributed by atoms with Crippen molar-refractivity contribution >= 4 is 10.0 Å². The molecule has 0 bridgehead atoms. The molecule has 5 heteroatoms. The smallest absolute Gasteiger partial charge is 0.209 e. The van der Waals surface area contributed by atoms with Crippen molar-refractivity contribution < 1.29 is 13.2 Å². The average Bonchev–Trinajstić information content (AvgIpc) is 1.99. The largest absolute Gasteiger partial charge is 0.381 e. The standard InChI is InChI=1S/C10H23NO3S/c1-9(2)5-4-6-14-7-10(3)8-15(11,12)13/h9-10H,4-8H2,1-3H3,(H2,11,12,13). The van der Waals surface area contributed by atoms with E-state index in [-0.39, 0.29) is 11.7 Å². The number of rotatable bonds is 8. The second kappa shape index (κ2) is 7.19. The number of primary sulfonamides is 1. The summed E-state index contributed by atoms with van der Waals surface area (Å²) in [5.41, 5.74) is 0. The van der Waals surface area contributed by atoms with Gasteiger partial charge in [0.05, 0.1) is 12.4 Å². The molecular formula is C10H23NO3S. The van der Waals surface area contributed by atoms with Crippen molar-refractivity contribution in [1.29, 1.82) is 0 Å². The Morgan fingerprint density at radius 1 is 1.27 bits per heavy atom. The minimum absolute atomic E-state index is 0.00280. The lowest BCUT2D eigenvalue weighted by atomic mass is 10.1. The lowest BCUT2D eigenvalue weighted by Gasteiger charge is -2.11. The van der Waals surface area contributed by atoms with E-state index >= 15 is 0 Å². The van der Waals surface area contributed by atoms with Crippen LogP contribution in [-0.2, 0) is 14.8 Å². The summed E-state index contributed by atoms with van der Waals surface area (Å²) in [6.45, 7) is 7.34. The van der Waals surface area contributed by atoms with E-state index in [1.807, 2.05) is 6.92 Å². The fourth-order valence-corrected chi connectivity index (χ4v) is 2.21. The van der Waals surface area contributed by atoms with Crippen LogP contribution in [0.25, 0.3) is 0 Å². The van der Waals surface area contributed by atoms with Gasteiger partial charge in [-0.15, -0.1) is 0 Å². The summed E-state index contributed by atoms with van der Waals surface area (Å²) in [7, 11) is -3.36. The zero-order chi connectivity index (χ0) is 11.9. The summed E-state index contributed by atoms with van der Waals surface area (Å²) >= 11 is 0. The van der Waals surface area contributed by atoms with E-state index in [4.69, 9.17) is 9.88 Å². The normalized spacial score (nSPS) is 14.5. The van der Waals surface area contributed by atoms with Gasteiger partial charge in [0.2, 0.25) is 10.0 Å². The fraction of sp³-hybridized carbons (Fsp3) is 1.00. The first-order valence-electron chi connectivity index (χ1n) is 5.39. The van der Waals surface area contributed by atoms with Crippen molar-refractivity contribution in [3.05, 3.63) is 0 Å². The number of ether oxygens (including phenoxy) is 1. The zero-order valence-corrected chi connectivity index (χ0v) is 10.7. The first-order chi connectivity index (χ1) is 6.81.